The van der Waals surface area contributed by atoms with Gasteiger partial charge in [0.25, 0.3) is 0 Å². The number of rotatable bonds is 5. The third kappa shape index (κ3) is 4.31. The van der Waals surface area contributed by atoms with Crippen LogP contribution in [-0.4, -0.2) is 45.6 Å². The van der Waals surface area contributed by atoms with E-state index in [2.05, 4.69) is 51.0 Å². The lowest BCUT2D eigenvalue weighted by Gasteiger charge is -2.31. The summed E-state index contributed by atoms with van der Waals surface area (Å²) < 4.78 is 4.12. The van der Waals surface area contributed by atoms with Gasteiger partial charge in [-0.3, -0.25) is 14.6 Å². The molecule has 1 aliphatic rings. The average molecular weight is 410 g/mol. The Hall–Kier alpha value is -2.37. The molecule has 3 aromatic rings. The van der Waals surface area contributed by atoms with Crippen LogP contribution in [0.5, 0.6) is 0 Å². The summed E-state index contributed by atoms with van der Waals surface area (Å²) in [7, 11) is 3.80. The van der Waals surface area contributed by atoms with Gasteiger partial charge in [0.1, 0.15) is 0 Å². The molecule has 1 aliphatic heterocycles. The van der Waals surface area contributed by atoms with Gasteiger partial charge in [-0.1, -0.05) is 11.6 Å². The van der Waals surface area contributed by atoms with Crippen LogP contribution in [0.2, 0.25) is 5.02 Å². The van der Waals surface area contributed by atoms with Gasteiger partial charge in [0, 0.05) is 55.5 Å². The number of likely N-dealkylation sites (tertiary alicyclic amines) is 1. The van der Waals surface area contributed by atoms with Gasteiger partial charge in [-0.15, -0.1) is 0 Å². The number of halogens is 1. The summed E-state index contributed by atoms with van der Waals surface area (Å²) in [6.45, 7) is 5.44. The van der Waals surface area contributed by atoms with Crippen molar-refractivity contribution < 1.29 is 0 Å². The van der Waals surface area contributed by atoms with E-state index in [0.717, 1.165) is 36.0 Å². The molecule has 0 atom stereocenters. The second-order valence-electron chi connectivity index (χ2n) is 7.90. The highest BCUT2D eigenvalue weighted by atomic mass is 35.5. The molecule has 2 aromatic heterocycles. The van der Waals surface area contributed by atoms with Gasteiger partial charge in [0.2, 0.25) is 0 Å². The normalized spacial score (nSPS) is 16.1. The summed E-state index contributed by atoms with van der Waals surface area (Å²) in [5.41, 5.74) is 6.33. The van der Waals surface area contributed by atoms with Gasteiger partial charge in [0.15, 0.2) is 0 Å². The molecule has 6 heteroatoms. The topological polar surface area (TPSA) is 38.4 Å². The number of aromatic nitrogens is 3. The summed E-state index contributed by atoms with van der Waals surface area (Å²) in [6, 6.07) is 8.01. The number of hydrogen-bond donors (Lipinski definition) is 0. The molecule has 0 saturated carbocycles. The smallest absolute Gasteiger partial charge is 0.0666 e. The predicted octanol–water partition coefficient (Wildman–Crippen LogP) is 4.60. The number of piperidine rings is 1. The van der Waals surface area contributed by atoms with Crippen molar-refractivity contribution >= 4 is 17.8 Å². The van der Waals surface area contributed by atoms with Crippen molar-refractivity contribution in [2.24, 2.45) is 12.0 Å². The van der Waals surface area contributed by atoms with Crippen LogP contribution < -0.4 is 0 Å². The molecule has 5 nitrogen and oxygen atoms in total. The van der Waals surface area contributed by atoms with E-state index < -0.39 is 0 Å². The lowest BCUT2D eigenvalue weighted by Crippen LogP contribution is -2.32. The van der Waals surface area contributed by atoms with E-state index in [9.17, 15) is 0 Å². The first-order valence-corrected chi connectivity index (χ1v) is 10.5. The van der Waals surface area contributed by atoms with Crippen LogP contribution in [0.25, 0.3) is 5.69 Å². The Morgan fingerprint density at radius 3 is 2.52 bits per heavy atom. The van der Waals surface area contributed by atoms with Crippen LogP contribution in [0, 0.1) is 6.92 Å². The molecule has 0 spiro atoms. The number of hydrogen-bond acceptors (Lipinski definition) is 3. The molecule has 1 fully saturated rings. The molecule has 0 aliphatic carbocycles. The van der Waals surface area contributed by atoms with Crippen LogP contribution in [-0.2, 0) is 13.6 Å². The number of aliphatic imine (C=N–C) groups is 1. The van der Waals surface area contributed by atoms with Crippen LogP contribution >= 0.6 is 11.6 Å². The minimum Gasteiger partial charge on any atom is -0.315 e. The van der Waals surface area contributed by atoms with E-state index >= 15 is 0 Å². The number of benzene rings is 1. The van der Waals surface area contributed by atoms with E-state index in [1.807, 2.05) is 43.3 Å². The molecule has 152 valence electrons. The molecule has 0 N–H and O–H groups in total. The van der Waals surface area contributed by atoms with Crippen molar-refractivity contribution in [3.05, 3.63) is 70.3 Å². The van der Waals surface area contributed by atoms with Crippen molar-refractivity contribution in [2.75, 3.05) is 20.1 Å². The molecular weight excluding hydrogens is 382 g/mol. The van der Waals surface area contributed by atoms with Gasteiger partial charge in [0.05, 0.1) is 11.9 Å². The molecule has 4 rings (SSSR count). The van der Waals surface area contributed by atoms with Crippen molar-refractivity contribution in [3.8, 4) is 5.69 Å². The molecule has 29 heavy (non-hydrogen) atoms. The zero-order chi connectivity index (χ0) is 20.4. The van der Waals surface area contributed by atoms with Crippen LogP contribution in [0.3, 0.4) is 0 Å². The summed E-state index contributed by atoms with van der Waals surface area (Å²) in [5.74, 6) is 0.581. The van der Waals surface area contributed by atoms with E-state index in [-0.39, 0.29) is 0 Å². The van der Waals surface area contributed by atoms with Gasteiger partial charge < -0.3 is 4.57 Å². The highest BCUT2D eigenvalue weighted by Crippen LogP contribution is 2.34. The molecule has 0 unspecified atom stereocenters. The minimum atomic E-state index is 0.581. The fourth-order valence-corrected chi connectivity index (χ4v) is 4.48. The third-order valence-corrected chi connectivity index (χ3v) is 6.15. The fourth-order valence-electron chi connectivity index (χ4n) is 4.36. The van der Waals surface area contributed by atoms with Gasteiger partial charge >= 0.3 is 0 Å². The first-order chi connectivity index (χ1) is 14.0. The van der Waals surface area contributed by atoms with E-state index in [1.54, 1.807) is 0 Å². The maximum Gasteiger partial charge on any atom is 0.0666 e. The molecular formula is C23H28ClN5. The Morgan fingerprint density at radius 1 is 1.17 bits per heavy atom. The van der Waals surface area contributed by atoms with Crippen molar-refractivity contribution in [1.82, 2.24) is 19.2 Å². The zero-order valence-electron chi connectivity index (χ0n) is 17.3. The lowest BCUT2D eigenvalue weighted by molar-refractivity contribution is 0.204. The minimum absolute atomic E-state index is 0.581. The Kier molecular flexibility index (Phi) is 5.88. The summed E-state index contributed by atoms with van der Waals surface area (Å²) in [4.78, 5) is 6.84. The Morgan fingerprint density at radius 2 is 1.90 bits per heavy atom. The van der Waals surface area contributed by atoms with Gasteiger partial charge in [-0.2, -0.15) is 5.10 Å². The zero-order valence-corrected chi connectivity index (χ0v) is 18.1. The fraction of sp³-hybridized carbons (Fsp3) is 0.391. The highest BCUT2D eigenvalue weighted by molar-refractivity contribution is 6.30. The molecule has 1 aromatic carbocycles. The largest absolute Gasteiger partial charge is 0.315 e. The molecule has 1 saturated heterocycles. The second kappa shape index (κ2) is 8.56. The standard InChI is InChI=1S/C23H28ClN5/c1-17-22(16-29(23(17)13-25-2)21-6-4-20(24)5-7-21)19-8-10-28(11-9-19)15-18-12-26-27(3)14-18/h4-7,12-14,16,19H,8-11,15H2,1-3H3. The quantitative estimate of drug-likeness (QED) is 0.577. The maximum atomic E-state index is 6.09. The Labute approximate surface area is 177 Å². The Bertz CT molecular complexity index is 991. The summed E-state index contributed by atoms with van der Waals surface area (Å²) >= 11 is 6.09. The first-order valence-electron chi connectivity index (χ1n) is 10.1. The summed E-state index contributed by atoms with van der Waals surface area (Å²) in [5, 5.41) is 5.04. The van der Waals surface area contributed by atoms with Crippen molar-refractivity contribution in [1.29, 1.82) is 0 Å². The van der Waals surface area contributed by atoms with E-state index in [0.29, 0.717) is 5.92 Å². The molecule has 0 bridgehead atoms. The van der Waals surface area contributed by atoms with Crippen LogP contribution in [0.1, 0.15) is 41.1 Å². The molecule has 0 radical (unpaired) electrons. The first kappa shape index (κ1) is 19.9. The second-order valence-corrected chi connectivity index (χ2v) is 8.34. The molecule has 0 amide bonds. The number of aryl methyl sites for hydroxylation is 1. The van der Waals surface area contributed by atoms with Crippen molar-refractivity contribution in [2.45, 2.75) is 32.2 Å². The number of nitrogens with zero attached hydrogens (tertiary/aromatic N) is 5. The van der Waals surface area contributed by atoms with E-state index in [1.165, 1.54) is 29.5 Å². The van der Waals surface area contributed by atoms with Crippen molar-refractivity contribution in [3.63, 3.8) is 0 Å². The maximum absolute atomic E-state index is 6.09. The lowest BCUT2D eigenvalue weighted by atomic mass is 9.88. The van der Waals surface area contributed by atoms with Crippen LogP contribution in [0.15, 0.2) is 47.8 Å². The monoisotopic (exact) mass is 409 g/mol. The summed E-state index contributed by atoms with van der Waals surface area (Å²) in [6.07, 6.45) is 10.7. The Balaban J connectivity index is 1.53. The highest BCUT2D eigenvalue weighted by Gasteiger charge is 2.25. The molecule has 3 heterocycles. The van der Waals surface area contributed by atoms with Crippen LogP contribution in [0.4, 0.5) is 0 Å². The van der Waals surface area contributed by atoms with Gasteiger partial charge in [-0.05, 0) is 74.2 Å². The third-order valence-electron chi connectivity index (χ3n) is 5.89. The average Bonchev–Trinajstić information content (AvgIpc) is 3.27. The SMILES string of the molecule is CN=Cc1c(C)c(C2CCN(Cc3cnn(C)c3)CC2)cn1-c1ccc(Cl)cc1. The van der Waals surface area contributed by atoms with E-state index in [4.69, 9.17) is 11.6 Å². The predicted molar refractivity (Wildman–Crippen MR) is 119 cm³/mol. The van der Waals surface area contributed by atoms with Gasteiger partial charge in [-0.25, -0.2) is 0 Å².